The minimum atomic E-state index is -0.401. The number of ether oxygens (including phenoxy) is 1. The molecule has 0 radical (unpaired) electrons. The number of piperidine rings is 1. The lowest BCUT2D eigenvalue weighted by atomic mass is 9.99. The number of thioether (sulfide) groups is 1. The molecule has 2 heterocycles. The zero-order chi connectivity index (χ0) is 22.4. The standard InChI is InChI=1S/C21H26ClN3O4S2/c1-3-29-20(28)11-25-16-5-4-15(22)10-17(16)31-21(25)23-18(26)12-30-13-19(27)24-8-6-14(2)7-9-24/h4-5,10,14H,3,6-9,11-13H2,1-2H3. The van der Waals surface area contributed by atoms with E-state index in [0.29, 0.717) is 15.7 Å². The van der Waals surface area contributed by atoms with Crippen LogP contribution in [-0.4, -0.2) is 58.5 Å². The van der Waals surface area contributed by atoms with Crippen LogP contribution in [-0.2, 0) is 25.7 Å². The minimum Gasteiger partial charge on any atom is -0.465 e. The summed E-state index contributed by atoms with van der Waals surface area (Å²) in [6.07, 6.45) is 2.06. The number of halogens is 1. The molecule has 0 spiro atoms. The molecule has 2 amide bonds. The van der Waals surface area contributed by atoms with Crippen molar-refractivity contribution in [1.82, 2.24) is 9.47 Å². The van der Waals surface area contributed by atoms with E-state index in [2.05, 4.69) is 11.9 Å². The molecular formula is C21H26ClN3O4S2. The molecule has 1 saturated heterocycles. The molecule has 2 aromatic rings. The Morgan fingerprint density at radius 1 is 1.26 bits per heavy atom. The molecule has 1 fully saturated rings. The Balaban J connectivity index is 1.68. The summed E-state index contributed by atoms with van der Waals surface area (Å²) in [5.41, 5.74) is 0.760. The molecule has 31 heavy (non-hydrogen) atoms. The highest BCUT2D eigenvalue weighted by atomic mass is 35.5. The summed E-state index contributed by atoms with van der Waals surface area (Å²) in [6.45, 7) is 5.76. The monoisotopic (exact) mass is 483 g/mol. The van der Waals surface area contributed by atoms with E-state index >= 15 is 0 Å². The fourth-order valence-electron chi connectivity index (χ4n) is 3.33. The second-order valence-electron chi connectivity index (χ2n) is 7.45. The van der Waals surface area contributed by atoms with E-state index in [1.807, 2.05) is 4.90 Å². The van der Waals surface area contributed by atoms with Gasteiger partial charge in [-0.2, -0.15) is 4.99 Å². The lowest BCUT2D eigenvalue weighted by Gasteiger charge is -2.30. The second kappa shape index (κ2) is 11.2. The molecule has 10 heteroatoms. The van der Waals surface area contributed by atoms with Gasteiger partial charge in [0.05, 0.1) is 28.3 Å². The molecule has 3 rings (SSSR count). The molecule has 0 atom stereocenters. The second-order valence-corrected chi connectivity index (χ2v) is 9.88. The third-order valence-electron chi connectivity index (χ3n) is 5.05. The average molecular weight is 484 g/mol. The molecule has 1 aliphatic rings. The molecule has 1 aliphatic heterocycles. The van der Waals surface area contributed by atoms with Crippen LogP contribution < -0.4 is 4.80 Å². The van der Waals surface area contributed by atoms with Crippen LogP contribution in [0.3, 0.4) is 0 Å². The molecule has 1 aromatic heterocycles. The Kier molecular flexibility index (Phi) is 8.57. The van der Waals surface area contributed by atoms with Crippen LogP contribution in [0.15, 0.2) is 23.2 Å². The number of nitrogens with zero attached hydrogens (tertiary/aromatic N) is 3. The number of carbonyl (C=O) groups excluding carboxylic acids is 3. The summed E-state index contributed by atoms with van der Waals surface area (Å²) < 4.78 is 7.54. The molecule has 1 aromatic carbocycles. The van der Waals surface area contributed by atoms with Crippen LogP contribution in [0, 0.1) is 5.92 Å². The highest BCUT2D eigenvalue weighted by Crippen LogP contribution is 2.22. The van der Waals surface area contributed by atoms with Crippen LogP contribution >= 0.6 is 34.7 Å². The normalized spacial score (nSPS) is 15.5. The molecule has 168 valence electrons. The van der Waals surface area contributed by atoms with Crippen molar-refractivity contribution in [1.29, 1.82) is 0 Å². The molecule has 7 nitrogen and oxygen atoms in total. The van der Waals surface area contributed by atoms with Crippen LogP contribution in [0.1, 0.15) is 26.7 Å². The van der Waals surface area contributed by atoms with Crippen molar-refractivity contribution in [2.24, 2.45) is 10.9 Å². The predicted molar refractivity (Wildman–Crippen MR) is 124 cm³/mol. The van der Waals surface area contributed by atoms with Crippen molar-refractivity contribution in [3.05, 3.63) is 28.0 Å². The van der Waals surface area contributed by atoms with E-state index in [1.165, 1.54) is 23.1 Å². The quantitative estimate of drug-likeness (QED) is 0.564. The molecular weight excluding hydrogens is 458 g/mol. The number of hydrogen-bond donors (Lipinski definition) is 0. The van der Waals surface area contributed by atoms with Gasteiger partial charge in [-0.25, -0.2) is 0 Å². The Bertz CT molecular complexity index is 1030. The first-order valence-electron chi connectivity index (χ1n) is 10.2. The van der Waals surface area contributed by atoms with E-state index in [0.717, 1.165) is 36.1 Å². The fraction of sp³-hybridized carbons (Fsp3) is 0.524. The number of esters is 1. The van der Waals surface area contributed by atoms with Gasteiger partial charge < -0.3 is 14.2 Å². The van der Waals surface area contributed by atoms with Gasteiger partial charge >= 0.3 is 5.97 Å². The number of amides is 2. The number of benzene rings is 1. The average Bonchev–Trinajstić information content (AvgIpc) is 3.04. The number of aromatic nitrogens is 1. The molecule has 0 aliphatic carbocycles. The van der Waals surface area contributed by atoms with Gasteiger partial charge in [0.2, 0.25) is 5.91 Å². The summed E-state index contributed by atoms with van der Waals surface area (Å²) in [5, 5.41) is 0.566. The van der Waals surface area contributed by atoms with Crippen LogP contribution in [0.4, 0.5) is 0 Å². The van der Waals surface area contributed by atoms with Gasteiger partial charge in [0, 0.05) is 18.1 Å². The topological polar surface area (TPSA) is 81.0 Å². The Morgan fingerprint density at radius 3 is 2.71 bits per heavy atom. The van der Waals surface area contributed by atoms with Gasteiger partial charge in [-0.05, 0) is 43.9 Å². The number of rotatable bonds is 7. The molecule has 0 saturated carbocycles. The molecule has 0 unspecified atom stereocenters. The minimum absolute atomic E-state index is 0.0411. The number of likely N-dealkylation sites (tertiary alicyclic amines) is 1. The third kappa shape index (κ3) is 6.57. The smallest absolute Gasteiger partial charge is 0.326 e. The van der Waals surface area contributed by atoms with Crippen molar-refractivity contribution < 1.29 is 19.1 Å². The first-order valence-corrected chi connectivity index (χ1v) is 12.6. The van der Waals surface area contributed by atoms with Crippen molar-refractivity contribution in [2.45, 2.75) is 33.2 Å². The summed E-state index contributed by atoms with van der Waals surface area (Å²) in [4.78, 5) is 43.3. The first kappa shape index (κ1) is 23.8. The summed E-state index contributed by atoms with van der Waals surface area (Å²) in [6, 6.07) is 5.30. The largest absolute Gasteiger partial charge is 0.465 e. The molecule has 0 N–H and O–H groups in total. The van der Waals surface area contributed by atoms with Crippen molar-refractivity contribution in [3.8, 4) is 0 Å². The zero-order valence-corrected chi connectivity index (χ0v) is 20.0. The van der Waals surface area contributed by atoms with Crippen LogP contribution in [0.2, 0.25) is 5.02 Å². The summed E-state index contributed by atoms with van der Waals surface area (Å²) >= 11 is 8.64. The summed E-state index contributed by atoms with van der Waals surface area (Å²) in [7, 11) is 0. The lowest BCUT2D eigenvalue weighted by Crippen LogP contribution is -2.39. The number of thiazole rings is 1. The van der Waals surface area contributed by atoms with E-state index in [-0.39, 0.29) is 36.5 Å². The lowest BCUT2D eigenvalue weighted by molar-refractivity contribution is -0.143. The maximum atomic E-state index is 12.5. The van der Waals surface area contributed by atoms with Crippen molar-refractivity contribution in [2.75, 3.05) is 31.2 Å². The fourth-order valence-corrected chi connectivity index (χ4v) is 5.36. The predicted octanol–water partition coefficient (Wildman–Crippen LogP) is 3.34. The third-order valence-corrected chi connectivity index (χ3v) is 7.22. The van der Waals surface area contributed by atoms with Gasteiger partial charge in [0.25, 0.3) is 5.91 Å². The Labute approximate surface area is 194 Å². The maximum Gasteiger partial charge on any atom is 0.326 e. The van der Waals surface area contributed by atoms with Gasteiger partial charge in [-0.15, -0.1) is 11.8 Å². The molecule has 0 bridgehead atoms. The van der Waals surface area contributed by atoms with Crippen LogP contribution in [0.25, 0.3) is 10.2 Å². The maximum absolute atomic E-state index is 12.5. The Morgan fingerprint density at radius 2 is 2.00 bits per heavy atom. The van der Waals surface area contributed by atoms with E-state index < -0.39 is 5.97 Å². The van der Waals surface area contributed by atoms with Crippen LogP contribution in [0.5, 0.6) is 0 Å². The number of fused-ring (bicyclic) bond motifs is 1. The van der Waals surface area contributed by atoms with E-state index in [9.17, 15) is 14.4 Å². The van der Waals surface area contributed by atoms with Gasteiger partial charge in [0.1, 0.15) is 6.54 Å². The van der Waals surface area contributed by atoms with Crippen molar-refractivity contribution in [3.63, 3.8) is 0 Å². The van der Waals surface area contributed by atoms with Gasteiger partial charge in [-0.3, -0.25) is 14.4 Å². The highest BCUT2D eigenvalue weighted by molar-refractivity contribution is 8.00. The zero-order valence-electron chi connectivity index (χ0n) is 17.6. The summed E-state index contributed by atoms with van der Waals surface area (Å²) in [5.74, 6) is 0.348. The SMILES string of the molecule is CCOC(=O)Cn1c(=NC(=O)CSCC(=O)N2CCC(C)CC2)sc2cc(Cl)ccc21. The van der Waals surface area contributed by atoms with E-state index in [1.54, 1.807) is 29.7 Å². The highest BCUT2D eigenvalue weighted by Gasteiger charge is 2.20. The van der Waals surface area contributed by atoms with Crippen molar-refractivity contribution >= 4 is 62.7 Å². The number of hydrogen-bond acceptors (Lipinski definition) is 6. The number of carbonyl (C=O) groups is 3. The van der Waals surface area contributed by atoms with E-state index in [4.69, 9.17) is 16.3 Å². The first-order chi connectivity index (χ1) is 14.9. The van der Waals surface area contributed by atoms with Gasteiger partial charge in [-0.1, -0.05) is 29.9 Å². The van der Waals surface area contributed by atoms with Gasteiger partial charge in [0.15, 0.2) is 4.80 Å². The Hall–Kier alpha value is -1.84.